The number of amides is 3. The molecule has 4 atom stereocenters. The number of nitrogens with two attached hydrogens (primary N) is 1. The lowest BCUT2D eigenvalue weighted by atomic mass is 10.0. The summed E-state index contributed by atoms with van der Waals surface area (Å²) in [5, 5.41) is 25.8. The molecule has 0 radical (unpaired) electrons. The van der Waals surface area contributed by atoms with Crippen molar-refractivity contribution in [2.24, 2.45) is 5.73 Å². The summed E-state index contributed by atoms with van der Waals surface area (Å²) < 4.78 is 0. The molecule has 0 saturated heterocycles. The van der Waals surface area contributed by atoms with Gasteiger partial charge in [-0.1, -0.05) is 12.1 Å². The van der Waals surface area contributed by atoms with Crippen LogP contribution in [0.4, 0.5) is 0 Å². The highest BCUT2D eigenvalue weighted by atomic mass is 32.1. The number of H-pyrrole nitrogens is 1. The van der Waals surface area contributed by atoms with Gasteiger partial charge >= 0.3 is 5.97 Å². The Morgan fingerprint density at radius 2 is 1.68 bits per heavy atom. The number of carboxylic acids is 1. The van der Waals surface area contributed by atoms with Gasteiger partial charge in [-0.25, -0.2) is 9.78 Å². The summed E-state index contributed by atoms with van der Waals surface area (Å²) in [6, 6.07) is 1.85. The van der Waals surface area contributed by atoms with Crippen LogP contribution in [0.15, 0.2) is 36.8 Å². The minimum absolute atomic E-state index is 0.0478. The van der Waals surface area contributed by atoms with Crippen LogP contribution >= 0.6 is 12.6 Å². The van der Waals surface area contributed by atoms with Crippen LogP contribution in [0.25, 0.3) is 0 Å². The fourth-order valence-electron chi connectivity index (χ4n) is 2.94. The van der Waals surface area contributed by atoms with E-state index in [1.807, 2.05) is 0 Å². The largest absolute Gasteiger partial charge is 0.508 e. The van der Waals surface area contributed by atoms with Gasteiger partial charge in [0.05, 0.1) is 12.4 Å². The van der Waals surface area contributed by atoms with Crippen LogP contribution in [-0.2, 0) is 32.0 Å². The number of aliphatic carboxylic acids is 1. The summed E-state index contributed by atoms with van der Waals surface area (Å²) in [6.45, 7) is 1.39. The van der Waals surface area contributed by atoms with Gasteiger partial charge in [0.2, 0.25) is 17.7 Å². The predicted molar refractivity (Wildman–Crippen MR) is 125 cm³/mol. The van der Waals surface area contributed by atoms with Gasteiger partial charge in [-0.3, -0.25) is 14.4 Å². The van der Waals surface area contributed by atoms with E-state index in [0.29, 0.717) is 5.69 Å². The Morgan fingerprint density at radius 1 is 1.03 bits per heavy atom. The molecule has 4 unspecified atom stereocenters. The van der Waals surface area contributed by atoms with Gasteiger partial charge in [0, 0.05) is 24.1 Å². The van der Waals surface area contributed by atoms with Crippen molar-refractivity contribution in [3.8, 4) is 5.75 Å². The summed E-state index contributed by atoms with van der Waals surface area (Å²) >= 11 is 3.88. The number of aromatic hydroxyl groups is 1. The maximum absolute atomic E-state index is 12.9. The second-order valence-corrected chi connectivity index (χ2v) is 8.00. The predicted octanol–water partition coefficient (Wildman–Crippen LogP) is -1.28. The topological polar surface area (TPSA) is 200 Å². The van der Waals surface area contributed by atoms with Crippen molar-refractivity contribution < 1.29 is 29.4 Å². The maximum atomic E-state index is 12.9. The highest BCUT2D eigenvalue weighted by Gasteiger charge is 2.28. The van der Waals surface area contributed by atoms with E-state index < -0.39 is 47.9 Å². The normalized spacial score (nSPS) is 14.3. The number of phenols is 1. The molecular weight excluding hydrogens is 464 g/mol. The summed E-state index contributed by atoms with van der Waals surface area (Å²) in [4.78, 5) is 55.7. The number of carbonyl (C=O) groups is 4. The van der Waals surface area contributed by atoms with Crippen LogP contribution in [0.5, 0.6) is 5.75 Å². The smallest absolute Gasteiger partial charge is 0.327 e. The van der Waals surface area contributed by atoms with Crippen LogP contribution < -0.4 is 21.7 Å². The Bertz CT molecular complexity index is 984. The second kappa shape index (κ2) is 12.6. The number of nitrogens with one attached hydrogen (secondary N) is 4. The fourth-order valence-corrected chi connectivity index (χ4v) is 3.19. The molecule has 2 rings (SSSR count). The first-order chi connectivity index (χ1) is 16.1. The van der Waals surface area contributed by atoms with Crippen LogP contribution in [0.2, 0.25) is 0 Å². The van der Waals surface area contributed by atoms with E-state index in [2.05, 4.69) is 38.5 Å². The van der Waals surface area contributed by atoms with E-state index in [1.165, 1.54) is 31.6 Å². The van der Waals surface area contributed by atoms with Gasteiger partial charge < -0.3 is 36.9 Å². The molecule has 0 aliphatic carbocycles. The van der Waals surface area contributed by atoms with Crippen LogP contribution in [0.3, 0.4) is 0 Å². The SMILES string of the molecule is CC(NC(=O)C(Cc1cnc[nH]1)NC(=O)C(N)Cc1ccc(O)cc1)C(=O)NC(CS)C(=O)O. The molecule has 1 aromatic carbocycles. The number of hydrogen-bond donors (Lipinski definition) is 8. The zero-order chi connectivity index (χ0) is 25.3. The van der Waals surface area contributed by atoms with Crippen molar-refractivity contribution in [2.45, 2.75) is 43.9 Å². The maximum Gasteiger partial charge on any atom is 0.327 e. The van der Waals surface area contributed by atoms with Gasteiger partial charge in [0.1, 0.15) is 23.9 Å². The van der Waals surface area contributed by atoms with Crippen molar-refractivity contribution in [1.82, 2.24) is 25.9 Å². The van der Waals surface area contributed by atoms with Gasteiger partial charge in [-0.05, 0) is 31.0 Å². The third-order valence-electron chi connectivity index (χ3n) is 4.89. The monoisotopic (exact) mass is 492 g/mol. The van der Waals surface area contributed by atoms with Crippen molar-refractivity contribution >= 4 is 36.3 Å². The lowest BCUT2D eigenvalue weighted by Gasteiger charge is -2.23. The zero-order valence-corrected chi connectivity index (χ0v) is 19.3. The lowest BCUT2D eigenvalue weighted by molar-refractivity contribution is -0.141. The van der Waals surface area contributed by atoms with E-state index in [9.17, 15) is 24.3 Å². The van der Waals surface area contributed by atoms with Crippen molar-refractivity contribution in [2.75, 3.05) is 5.75 Å². The molecule has 184 valence electrons. The number of hydrogen-bond acceptors (Lipinski definition) is 8. The third-order valence-corrected chi connectivity index (χ3v) is 5.25. The Hall–Kier alpha value is -3.58. The van der Waals surface area contributed by atoms with E-state index in [1.54, 1.807) is 12.1 Å². The number of imidazole rings is 1. The third kappa shape index (κ3) is 8.08. The van der Waals surface area contributed by atoms with Gasteiger partial charge in [-0.15, -0.1) is 0 Å². The zero-order valence-electron chi connectivity index (χ0n) is 18.4. The number of benzene rings is 1. The van der Waals surface area contributed by atoms with E-state index in [4.69, 9.17) is 10.8 Å². The number of rotatable bonds is 12. The number of carboxylic acid groups (broad SMARTS) is 1. The molecule has 0 spiro atoms. The molecule has 0 saturated carbocycles. The summed E-state index contributed by atoms with van der Waals surface area (Å²) in [5.74, 6) is -3.27. The average molecular weight is 493 g/mol. The first-order valence-electron chi connectivity index (χ1n) is 10.4. The molecule has 0 aliphatic heterocycles. The molecule has 1 heterocycles. The van der Waals surface area contributed by atoms with Crippen molar-refractivity contribution in [3.63, 3.8) is 0 Å². The fraction of sp³-hybridized carbons (Fsp3) is 0.381. The summed E-state index contributed by atoms with van der Waals surface area (Å²) in [6.07, 6.45) is 3.13. The Balaban J connectivity index is 2.05. The number of aromatic nitrogens is 2. The molecule has 8 N–H and O–H groups in total. The standard InChI is InChI=1S/C21H28N6O6S/c1-11(18(29)27-17(9-34)21(32)33)25-20(31)16(7-13-8-23-10-24-13)26-19(30)15(22)6-12-2-4-14(28)5-3-12/h2-5,8,10-11,15-17,28,34H,6-7,9,22H2,1H3,(H,23,24)(H,25,31)(H,26,30)(H,27,29)(H,32,33). The molecule has 0 aliphatic rings. The van der Waals surface area contributed by atoms with Gasteiger partial charge in [-0.2, -0.15) is 12.6 Å². The highest BCUT2D eigenvalue weighted by molar-refractivity contribution is 7.80. The Morgan fingerprint density at radius 3 is 2.24 bits per heavy atom. The summed E-state index contributed by atoms with van der Waals surface area (Å²) in [7, 11) is 0. The number of nitrogens with zero attached hydrogens (tertiary/aromatic N) is 1. The number of aromatic amines is 1. The molecule has 3 amide bonds. The second-order valence-electron chi connectivity index (χ2n) is 7.63. The van der Waals surface area contributed by atoms with Crippen LogP contribution in [0, 0.1) is 0 Å². The molecule has 0 fully saturated rings. The molecule has 2 aromatic rings. The first kappa shape index (κ1) is 26.7. The minimum atomic E-state index is -1.26. The van der Waals surface area contributed by atoms with E-state index in [0.717, 1.165) is 5.56 Å². The van der Waals surface area contributed by atoms with Crippen LogP contribution in [-0.4, -0.2) is 73.8 Å². The molecule has 1 aromatic heterocycles. The molecule has 13 heteroatoms. The number of carbonyl (C=O) groups excluding carboxylic acids is 3. The molecule has 34 heavy (non-hydrogen) atoms. The first-order valence-corrected chi connectivity index (χ1v) is 11.0. The van der Waals surface area contributed by atoms with E-state index in [-0.39, 0.29) is 24.3 Å². The van der Waals surface area contributed by atoms with Crippen molar-refractivity contribution in [1.29, 1.82) is 0 Å². The molecule has 12 nitrogen and oxygen atoms in total. The highest BCUT2D eigenvalue weighted by Crippen LogP contribution is 2.11. The number of thiol groups is 1. The summed E-state index contributed by atoms with van der Waals surface area (Å²) in [5.41, 5.74) is 7.28. The quantitative estimate of drug-likeness (QED) is 0.167. The lowest BCUT2D eigenvalue weighted by Crippen LogP contribution is -2.57. The molecular formula is C21H28N6O6S. The minimum Gasteiger partial charge on any atom is -0.508 e. The average Bonchev–Trinajstić information content (AvgIpc) is 3.31. The van der Waals surface area contributed by atoms with E-state index >= 15 is 0 Å². The Kier molecular flexibility index (Phi) is 9.89. The van der Waals surface area contributed by atoms with Gasteiger partial charge in [0.25, 0.3) is 0 Å². The van der Waals surface area contributed by atoms with Crippen molar-refractivity contribution in [3.05, 3.63) is 48.0 Å². The van der Waals surface area contributed by atoms with Gasteiger partial charge in [0.15, 0.2) is 0 Å². The Labute approximate surface area is 201 Å². The molecule has 0 bridgehead atoms. The van der Waals surface area contributed by atoms with Crippen LogP contribution in [0.1, 0.15) is 18.2 Å². The number of phenolic OH excluding ortho intramolecular Hbond substituents is 1.